The van der Waals surface area contributed by atoms with Crippen LogP contribution in [-0.4, -0.2) is 41.8 Å². The summed E-state index contributed by atoms with van der Waals surface area (Å²) in [5.41, 5.74) is 0.865. The molecule has 0 aliphatic heterocycles. The molecule has 20 heavy (non-hydrogen) atoms. The standard InChI is InChI=1S/C13H16ClNO5/c1-20-11-4-2-8(6-9(11)14)3-5-12(17)15-7-10(16)13(18)19/h2,4,6,10,16H,3,5,7H2,1H3,(H,15,17)(H,18,19). The third-order valence-electron chi connectivity index (χ3n) is 2.63. The van der Waals surface area contributed by atoms with Crippen molar-refractivity contribution in [2.75, 3.05) is 13.7 Å². The first-order valence-corrected chi connectivity index (χ1v) is 6.31. The number of carbonyl (C=O) groups is 2. The van der Waals surface area contributed by atoms with Crippen molar-refractivity contribution >= 4 is 23.5 Å². The monoisotopic (exact) mass is 301 g/mol. The number of carbonyl (C=O) groups excluding carboxylic acids is 1. The van der Waals surface area contributed by atoms with Gasteiger partial charge in [-0.1, -0.05) is 17.7 Å². The SMILES string of the molecule is COc1ccc(CCC(=O)NCC(O)C(=O)O)cc1Cl. The minimum Gasteiger partial charge on any atom is -0.495 e. The van der Waals surface area contributed by atoms with Gasteiger partial charge in [0.1, 0.15) is 5.75 Å². The highest BCUT2D eigenvalue weighted by atomic mass is 35.5. The second-order valence-corrected chi connectivity index (χ2v) is 4.53. The van der Waals surface area contributed by atoms with E-state index in [9.17, 15) is 9.59 Å². The Kier molecular flexibility index (Phi) is 6.27. The molecule has 0 aromatic heterocycles. The van der Waals surface area contributed by atoms with Gasteiger partial charge in [-0.15, -0.1) is 0 Å². The predicted octanol–water partition coefficient (Wildman–Crippen LogP) is 0.843. The average Bonchev–Trinajstić information content (AvgIpc) is 2.42. The summed E-state index contributed by atoms with van der Waals surface area (Å²) in [6, 6.07) is 5.22. The highest BCUT2D eigenvalue weighted by molar-refractivity contribution is 6.32. The van der Waals surface area contributed by atoms with Gasteiger partial charge in [-0.05, 0) is 24.1 Å². The number of halogens is 1. The molecule has 0 aliphatic carbocycles. The van der Waals surface area contributed by atoms with E-state index in [1.54, 1.807) is 18.2 Å². The van der Waals surface area contributed by atoms with Crippen LogP contribution < -0.4 is 10.1 Å². The number of carboxylic acids is 1. The lowest BCUT2D eigenvalue weighted by Gasteiger charge is -2.08. The van der Waals surface area contributed by atoms with Crippen molar-refractivity contribution in [2.24, 2.45) is 0 Å². The van der Waals surface area contributed by atoms with E-state index in [2.05, 4.69) is 5.32 Å². The van der Waals surface area contributed by atoms with E-state index in [1.807, 2.05) is 0 Å². The summed E-state index contributed by atoms with van der Waals surface area (Å²) in [6.07, 6.45) is -0.956. The number of methoxy groups -OCH3 is 1. The van der Waals surface area contributed by atoms with E-state index in [-0.39, 0.29) is 18.9 Å². The number of benzene rings is 1. The Morgan fingerprint density at radius 1 is 1.45 bits per heavy atom. The van der Waals surface area contributed by atoms with Crippen LogP contribution in [0.4, 0.5) is 0 Å². The van der Waals surface area contributed by atoms with Crippen LogP contribution in [0.3, 0.4) is 0 Å². The van der Waals surface area contributed by atoms with Crippen molar-refractivity contribution in [1.29, 1.82) is 0 Å². The maximum Gasteiger partial charge on any atom is 0.334 e. The zero-order valence-electron chi connectivity index (χ0n) is 10.9. The van der Waals surface area contributed by atoms with Crippen molar-refractivity contribution in [3.8, 4) is 5.75 Å². The zero-order chi connectivity index (χ0) is 15.1. The fourth-order valence-electron chi connectivity index (χ4n) is 1.51. The molecule has 3 N–H and O–H groups in total. The summed E-state index contributed by atoms with van der Waals surface area (Å²) >= 11 is 5.96. The molecule has 1 rings (SSSR count). The van der Waals surface area contributed by atoms with Gasteiger partial charge in [0.05, 0.1) is 18.7 Å². The van der Waals surface area contributed by atoms with E-state index in [1.165, 1.54) is 7.11 Å². The number of aryl methyl sites for hydroxylation is 1. The number of hydrogen-bond acceptors (Lipinski definition) is 4. The Morgan fingerprint density at radius 2 is 2.15 bits per heavy atom. The summed E-state index contributed by atoms with van der Waals surface area (Å²) in [4.78, 5) is 21.8. The van der Waals surface area contributed by atoms with Crippen LogP contribution in [0.5, 0.6) is 5.75 Å². The molecule has 1 aromatic rings. The number of aliphatic hydroxyl groups excluding tert-OH is 1. The third kappa shape index (κ3) is 5.07. The topological polar surface area (TPSA) is 95.9 Å². The molecule has 7 heteroatoms. The van der Waals surface area contributed by atoms with Gasteiger partial charge < -0.3 is 20.3 Å². The van der Waals surface area contributed by atoms with E-state index in [0.717, 1.165) is 5.56 Å². The fraction of sp³-hybridized carbons (Fsp3) is 0.385. The molecule has 1 atom stereocenters. The van der Waals surface area contributed by atoms with Gasteiger partial charge in [0.25, 0.3) is 0 Å². The van der Waals surface area contributed by atoms with E-state index < -0.39 is 12.1 Å². The first-order chi connectivity index (χ1) is 9.43. The Morgan fingerprint density at radius 3 is 2.70 bits per heavy atom. The molecule has 6 nitrogen and oxygen atoms in total. The molecular formula is C13H16ClNO5. The molecule has 0 saturated carbocycles. The predicted molar refractivity (Wildman–Crippen MR) is 73.0 cm³/mol. The van der Waals surface area contributed by atoms with E-state index in [4.69, 9.17) is 26.6 Å². The molecule has 1 amide bonds. The maximum absolute atomic E-state index is 11.5. The largest absolute Gasteiger partial charge is 0.495 e. The number of aliphatic hydroxyl groups is 1. The number of amides is 1. The Balaban J connectivity index is 2.41. The van der Waals surface area contributed by atoms with Crippen LogP contribution in [-0.2, 0) is 16.0 Å². The van der Waals surface area contributed by atoms with Crippen LogP contribution in [0.15, 0.2) is 18.2 Å². The molecule has 110 valence electrons. The molecular weight excluding hydrogens is 286 g/mol. The number of nitrogens with one attached hydrogen (secondary N) is 1. The normalized spacial score (nSPS) is 11.8. The van der Waals surface area contributed by atoms with Gasteiger partial charge in [-0.25, -0.2) is 4.79 Å². The van der Waals surface area contributed by atoms with Crippen LogP contribution in [0, 0.1) is 0 Å². The lowest BCUT2D eigenvalue weighted by molar-refractivity contribution is -0.146. The average molecular weight is 302 g/mol. The summed E-state index contributed by atoms with van der Waals surface area (Å²) in [5, 5.41) is 20.3. The molecule has 0 heterocycles. The fourth-order valence-corrected chi connectivity index (χ4v) is 1.79. The number of hydrogen-bond donors (Lipinski definition) is 3. The third-order valence-corrected chi connectivity index (χ3v) is 2.93. The second kappa shape index (κ2) is 7.72. The first-order valence-electron chi connectivity index (χ1n) is 5.94. The van der Waals surface area contributed by atoms with Crippen molar-refractivity contribution in [3.05, 3.63) is 28.8 Å². The first kappa shape index (κ1) is 16.3. The van der Waals surface area contributed by atoms with Gasteiger partial charge in [-0.2, -0.15) is 0 Å². The quantitative estimate of drug-likeness (QED) is 0.693. The van der Waals surface area contributed by atoms with Gasteiger partial charge in [0.2, 0.25) is 5.91 Å². The molecule has 1 unspecified atom stereocenters. The van der Waals surface area contributed by atoms with Crippen molar-refractivity contribution in [1.82, 2.24) is 5.32 Å². The minimum absolute atomic E-state index is 0.176. The number of rotatable bonds is 7. The molecule has 0 spiro atoms. The van der Waals surface area contributed by atoms with Crippen molar-refractivity contribution in [3.63, 3.8) is 0 Å². The van der Waals surface area contributed by atoms with Gasteiger partial charge in [0, 0.05) is 6.42 Å². The molecule has 0 fully saturated rings. The van der Waals surface area contributed by atoms with Gasteiger partial charge in [0.15, 0.2) is 6.10 Å². The molecule has 0 saturated heterocycles. The van der Waals surface area contributed by atoms with Crippen LogP contribution in [0.1, 0.15) is 12.0 Å². The Labute approximate surface area is 121 Å². The van der Waals surface area contributed by atoms with Crippen molar-refractivity contribution < 1.29 is 24.5 Å². The van der Waals surface area contributed by atoms with Crippen LogP contribution in [0.2, 0.25) is 5.02 Å². The van der Waals surface area contributed by atoms with Crippen LogP contribution in [0.25, 0.3) is 0 Å². The molecule has 0 bridgehead atoms. The minimum atomic E-state index is -1.59. The lowest BCUT2D eigenvalue weighted by Crippen LogP contribution is -2.36. The van der Waals surface area contributed by atoms with Crippen molar-refractivity contribution in [2.45, 2.75) is 18.9 Å². The van der Waals surface area contributed by atoms with Crippen LogP contribution >= 0.6 is 11.6 Å². The van der Waals surface area contributed by atoms with Gasteiger partial charge >= 0.3 is 5.97 Å². The Bertz CT molecular complexity index is 492. The number of carboxylic acid groups (broad SMARTS) is 1. The smallest absolute Gasteiger partial charge is 0.334 e. The number of ether oxygens (including phenoxy) is 1. The molecule has 0 radical (unpaired) electrons. The summed E-state index contributed by atoms with van der Waals surface area (Å²) in [5.74, 6) is -1.14. The summed E-state index contributed by atoms with van der Waals surface area (Å²) < 4.78 is 5.02. The maximum atomic E-state index is 11.5. The highest BCUT2D eigenvalue weighted by Gasteiger charge is 2.14. The van der Waals surface area contributed by atoms with E-state index in [0.29, 0.717) is 17.2 Å². The number of aliphatic carboxylic acids is 1. The second-order valence-electron chi connectivity index (χ2n) is 4.13. The molecule has 1 aromatic carbocycles. The Hall–Kier alpha value is -1.79. The summed E-state index contributed by atoms with van der Waals surface area (Å²) in [7, 11) is 1.52. The zero-order valence-corrected chi connectivity index (χ0v) is 11.7. The summed E-state index contributed by atoms with van der Waals surface area (Å²) in [6.45, 7) is -0.308. The lowest BCUT2D eigenvalue weighted by atomic mass is 10.1. The van der Waals surface area contributed by atoms with E-state index >= 15 is 0 Å². The van der Waals surface area contributed by atoms with Gasteiger partial charge in [-0.3, -0.25) is 4.79 Å². The molecule has 0 aliphatic rings. The highest BCUT2D eigenvalue weighted by Crippen LogP contribution is 2.25.